The second kappa shape index (κ2) is 6.03. The van der Waals surface area contributed by atoms with Crippen molar-refractivity contribution >= 4 is 11.7 Å². The van der Waals surface area contributed by atoms with Crippen LogP contribution in [0.1, 0.15) is 44.6 Å². The van der Waals surface area contributed by atoms with Crippen molar-refractivity contribution in [3.05, 3.63) is 35.6 Å². The lowest BCUT2D eigenvalue weighted by atomic mass is 9.96. The van der Waals surface area contributed by atoms with Crippen molar-refractivity contribution in [2.24, 2.45) is 0 Å². The van der Waals surface area contributed by atoms with E-state index in [-0.39, 0.29) is 17.7 Å². The molecule has 2 aromatic heterocycles. The Morgan fingerprint density at radius 3 is 2.67 bits per heavy atom. The highest BCUT2D eigenvalue weighted by Crippen LogP contribution is 2.18. The maximum absolute atomic E-state index is 11.9. The summed E-state index contributed by atoms with van der Waals surface area (Å²) in [7, 11) is 0. The highest BCUT2D eigenvalue weighted by atomic mass is 16.5. The zero-order valence-electron chi connectivity index (χ0n) is 12.8. The fourth-order valence-electron chi connectivity index (χ4n) is 1.70. The molecule has 0 aliphatic rings. The van der Waals surface area contributed by atoms with Crippen LogP contribution in [-0.4, -0.2) is 21.0 Å². The number of pyridine rings is 1. The summed E-state index contributed by atoms with van der Waals surface area (Å²) in [5.41, 5.74) is 0.703. The quantitative estimate of drug-likeness (QED) is 0.935. The molecular formula is C15H20N4O2. The van der Waals surface area contributed by atoms with Crippen LogP contribution in [0.25, 0.3) is 0 Å². The average molecular weight is 288 g/mol. The number of hydrogen-bond donors (Lipinski definition) is 1. The number of nitrogens with zero attached hydrogens (tertiary/aromatic N) is 3. The van der Waals surface area contributed by atoms with Gasteiger partial charge in [0.1, 0.15) is 5.82 Å². The van der Waals surface area contributed by atoms with Crippen molar-refractivity contribution in [3.63, 3.8) is 0 Å². The number of nitrogens with one attached hydrogen (secondary N) is 1. The van der Waals surface area contributed by atoms with E-state index in [4.69, 9.17) is 4.52 Å². The molecule has 0 aliphatic carbocycles. The fourth-order valence-corrected chi connectivity index (χ4v) is 1.70. The fraction of sp³-hybridized carbons (Fsp3) is 0.467. The molecule has 1 amide bonds. The normalized spacial score (nSPS) is 11.4. The molecule has 0 spiro atoms. The zero-order valence-corrected chi connectivity index (χ0v) is 12.8. The summed E-state index contributed by atoms with van der Waals surface area (Å²) in [5, 5.41) is 6.68. The molecule has 2 heterocycles. The molecule has 0 atom stereocenters. The number of hydrogen-bond acceptors (Lipinski definition) is 5. The maximum atomic E-state index is 11.9. The molecule has 0 aromatic carbocycles. The van der Waals surface area contributed by atoms with Crippen molar-refractivity contribution < 1.29 is 9.32 Å². The number of carbonyl (C=O) groups excluding carboxylic acids is 1. The van der Waals surface area contributed by atoms with Crippen molar-refractivity contribution in [3.8, 4) is 0 Å². The first-order chi connectivity index (χ1) is 9.84. The third kappa shape index (κ3) is 4.37. The van der Waals surface area contributed by atoms with E-state index < -0.39 is 0 Å². The summed E-state index contributed by atoms with van der Waals surface area (Å²) in [6, 6.07) is 5.49. The minimum Gasteiger partial charge on any atom is -0.339 e. The lowest BCUT2D eigenvalue weighted by molar-refractivity contribution is -0.116. The first-order valence-electron chi connectivity index (χ1n) is 6.91. The summed E-state index contributed by atoms with van der Waals surface area (Å²) >= 11 is 0. The van der Waals surface area contributed by atoms with Gasteiger partial charge in [-0.1, -0.05) is 32.0 Å². The summed E-state index contributed by atoms with van der Waals surface area (Å²) in [6.07, 6.45) is 0.697. The van der Waals surface area contributed by atoms with E-state index in [1.807, 2.05) is 39.8 Å². The summed E-state index contributed by atoms with van der Waals surface area (Å²) in [5.74, 6) is 1.56. The van der Waals surface area contributed by atoms with Gasteiger partial charge in [-0.3, -0.25) is 4.79 Å². The zero-order chi connectivity index (χ0) is 15.5. The third-order valence-corrected chi connectivity index (χ3v) is 2.86. The van der Waals surface area contributed by atoms with Crippen LogP contribution in [-0.2, 0) is 16.6 Å². The molecule has 6 nitrogen and oxygen atoms in total. The van der Waals surface area contributed by atoms with Crippen LogP contribution >= 0.6 is 0 Å². The SMILES string of the molecule is Cc1cccc(NC(=O)CCc2nc(C(C)(C)C)no2)n1. The first kappa shape index (κ1) is 15.2. The first-order valence-corrected chi connectivity index (χ1v) is 6.91. The molecule has 112 valence electrons. The van der Waals surface area contributed by atoms with Crippen molar-refractivity contribution in [1.29, 1.82) is 0 Å². The highest BCUT2D eigenvalue weighted by molar-refractivity contribution is 5.89. The van der Waals surface area contributed by atoms with E-state index in [1.165, 1.54) is 0 Å². The second-order valence-electron chi connectivity index (χ2n) is 5.97. The van der Waals surface area contributed by atoms with E-state index in [0.29, 0.717) is 24.0 Å². The van der Waals surface area contributed by atoms with E-state index in [1.54, 1.807) is 6.07 Å². The predicted octanol–water partition coefficient (Wildman–Crippen LogP) is 2.64. The Morgan fingerprint density at radius 1 is 1.29 bits per heavy atom. The number of amides is 1. The molecular weight excluding hydrogens is 268 g/mol. The monoisotopic (exact) mass is 288 g/mol. The Hall–Kier alpha value is -2.24. The van der Waals surface area contributed by atoms with Gasteiger partial charge in [-0.15, -0.1) is 0 Å². The van der Waals surface area contributed by atoms with Crippen LogP contribution in [0.4, 0.5) is 5.82 Å². The maximum Gasteiger partial charge on any atom is 0.227 e. The lowest BCUT2D eigenvalue weighted by Crippen LogP contribution is -2.14. The summed E-state index contributed by atoms with van der Waals surface area (Å²) in [4.78, 5) is 20.4. The third-order valence-electron chi connectivity index (χ3n) is 2.86. The molecule has 0 aliphatic heterocycles. The van der Waals surface area contributed by atoms with E-state index in [9.17, 15) is 4.79 Å². The van der Waals surface area contributed by atoms with Crippen molar-refractivity contribution in [2.45, 2.75) is 46.0 Å². The van der Waals surface area contributed by atoms with Crippen LogP contribution in [0.3, 0.4) is 0 Å². The molecule has 2 rings (SSSR count). The van der Waals surface area contributed by atoms with Gasteiger partial charge in [0.05, 0.1) is 0 Å². The van der Waals surface area contributed by atoms with Gasteiger partial charge >= 0.3 is 0 Å². The topological polar surface area (TPSA) is 80.9 Å². The Bertz CT molecular complexity index is 629. The molecule has 0 unspecified atom stereocenters. The Kier molecular flexibility index (Phi) is 4.35. The van der Waals surface area contributed by atoms with Gasteiger partial charge in [0.15, 0.2) is 5.82 Å². The molecule has 0 radical (unpaired) electrons. The van der Waals surface area contributed by atoms with Gasteiger partial charge in [-0.05, 0) is 19.1 Å². The minimum atomic E-state index is -0.157. The van der Waals surface area contributed by atoms with Crippen LogP contribution in [0.15, 0.2) is 22.7 Å². The number of anilines is 1. The Labute approximate surface area is 124 Å². The number of aromatic nitrogens is 3. The van der Waals surface area contributed by atoms with E-state index in [2.05, 4.69) is 20.4 Å². The smallest absolute Gasteiger partial charge is 0.227 e. The van der Waals surface area contributed by atoms with Gasteiger partial charge in [0.25, 0.3) is 0 Å². The van der Waals surface area contributed by atoms with Gasteiger partial charge in [-0.2, -0.15) is 4.98 Å². The molecule has 21 heavy (non-hydrogen) atoms. The largest absolute Gasteiger partial charge is 0.339 e. The highest BCUT2D eigenvalue weighted by Gasteiger charge is 2.21. The molecule has 0 bridgehead atoms. The molecule has 1 N–H and O–H groups in total. The van der Waals surface area contributed by atoms with Crippen LogP contribution in [0.2, 0.25) is 0 Å². The van der Waals surface area contributed by atoms with Crippen molar-refractivity contribution in [2.75, 3.05) is 5.32 Å². The van der Waals surface area contributed by atoms with Gasteiger partial charge in [0, 0.05) is 24.0 Å². The summed E-state index contributed by atoms with van der Waals surface area (Å²) in [6.45, 7) is 7.91. The van der Waals surface area contributed by atoms with Gasteiger partial charge in [-0.25, -0.2) is 4.98 Å². The average Bonchev–Trinajstić information content (AvgIpc) is 2.85. The molecule has 2 aromatic rings. The van der Waals surface area contributed by atoms with Gasteiger partial charge < -0.3 is 9.84 Å². The number of carbonyl (C=O) groups is 1. The van der Waals surface area contributed by atoms with E-state index in [0.717, 1.165) is 5.69 Å². The Balaban J connectivity index is 1.88. The predicted molar refractivity (Wildman–Crippen MR) is 78.9 cm³/mol. The standard InChI is InChI=1S/C15H20N4O2/c1-10-6-5-7-11(16-10)17-12(20)8-9-13-18-14(19-21-13)15(2,3)4/h5-7H,8-9H2,1-4H3,(H,16,17,20). The molecule has 0 saturated heterocycles. The minimum absolute atomic E-state index is 0.122. The number of rotatable bonds is 4. The Morgan fingerprint density at radius 2 is 2.05 bits per heavy atom. The summed E-state index contributed by atoms with van der Waals surface area (Å²) < 4.78 is 5.15. The molecule has 0 saturated carbocycles. The van der Waals surface area contributed by atoms with Gasteiger partial charge in [0.2, 0.25) is 11.8 Å². The van der Waals surface area contributed by atoms with E-state index >= 15 is 0 Å². The van der Waals surface area contributed by atoms with Crippen LogP contribution in [0.5, 0.6) is 0 Å². The van der Waals surface area contributed by atoms with Crippen LogP contribution in [0, 0.1) is 6.92 Å². The second-order valence-corrected chi connectivity index (χ2v) is 5.97. The van der Waals surface area contributed by atoms with Crippen LogP contribution < -0.4 is 5.32 Å². The molecule has 6 heteroatoms. The number of aryl methyl sites for hydroxylation is 2. The van der Waals surface area contributed by atoms with Crippen molar-refractivity contribution in [1.82, 2.24) is 15.1 Å². The molecule has 0 fully saturated rings. The lowest BCUT2D eigenvalue weighted by Gasteiger charge is -2.10.